The van der Waals surface area contributed by atoms with Crippen molar-refractivity contribution >= 4 is 23.3 Å². The number of hydrogen-bond donors (Lipinski definition) is 3. The maximum Gasteiger partial charge on any atom is 0.319 e. The van der Waals surface area contributed by atoms with Gasteiger partial charge in [-0.1, -0.05) is 18.2 Å². The number of urea groups is 1. The minimum absolute atomic E-state index is 0.0478. The lowest BCUT2D eigenvalue weighted by molar-refractivity contribution is -0.117. The smallest absolute Gasteiger partial charge is 0.319 e. The Labute approximate surface area is 145 Å². The van der Waals surface area contributed by atoms with E-state index < -0.39 is 0 Å². The number of hydrogen-bond acceptors (Lipinski definition) is 2. The highest BCUT2D eigenvalue weighted by atomic mass is 19.1. The van der Waals surface area contributed by atoms with E-state index in [1.807, 2.05) is 0 Å². The molecule has 0 aromatic heterocycles. The van der Waals surface area contributed by atoms with Crippen LogP contribution in [0.5, 0.6) is 0 Å². The molecule has 3 N–H and O–H groups in total. The van der Waals surface area contributed by atoms with Gasteiger partial charge < -0.3 is 16.0 Å². The summed E-state index contributed by atoms with van der Waals surface area (Å²) in [6, 6.07) is 13.1. The molecule has 1 saturated carbocycles. The molecule has 0 heterocycles. The zero-order valence-corrected chi connectivity index (χ0v) is 13.7. The molecular formula is C19H20FN3O2. The second-order valence-corrected chi connectivity index (χ2v) is 6.06. The molecule has 2 aromatic rings. The van der Waals surface area contributed by atoms with Gasteiger partial charge in [-0.2, -0.15) is 0 Å². The van der Waals surface area contributed by atoms with Crippen LogP contribution in [0, 0.1) is 11.7 Å². The van der Waals surface area contributed by atoms with Gasteiger partial charge in [0.15, 0.2) is 0 Å². The SMILES string of the molecule is O=C(NCCc1ccccc1F)Nc1ccc(NC(=O)C2CC2)cc1. The third-order valence-corrected chi connectivity index (χ3v) is 4.00. The Morgan fingerprint density at radius 2 is 1.60 bits per heavy atom. The summed E-state index contributed by atoms with van der Waals surface area (Å²) >= 11 is 0. The van der Waals surface area contributed by atoms with Gasteiger partial charge in [0.1, 0.15) is 5.82 Å². The van der Waals surface area contributed by atoms with E-state index in [4.69, 9.17) is 0 Å². The fraction of sp³-hybridized carbons (Fsp3) is 0.263. The quantitative estimate of drug-likeness (QED) is 0.752. The molecule has 1 aliphatic carbocycles. The third kappa shape index (κ3) is 5.04. The first-order valence-electron chi connectivity index (χ1n) is 8.31. The van der Waals surface area contributed by atoms with Crippen LogP contribution in [0.4, 0.5) is 20.6 Å². The average molecular weight is 341 g/mol. The van der Waals surface area contributed by atoms with Crippen molar-refractivity contribution in [2.75, 3.05) is 17.2 Å². The molecule has 0 spiro atoms. The highest BCUT2D eigenvalue weighted by Crippen LogP contribution is 2.30. The molecule has 1 aliphatic rings. The summed E-state index contributed by atoms with van der Waals surface area (Å²) in [4.78, 5) is 23.5. The number of rotatable bonds is 6. The maximum absolute atomic E-state index is 13.5. The molecule has 5 nitrogen and oxygen atoms in total. The van der Waals surface area contributed by atoms with E-state index in [1.54, 1.807) is 42.5 Å². The number of halogens is 1. The molecule has 0 atom stereocenters. The molecule has 130 valence electrons. The van der Waals surface area contributed by atoms with Crippen molar-refractivity contribution in [3.05, 3.63) is 59.9 Å². The molecule has 2 aromatic carbocycles. The molecular weight excluding hydrogens is 321 g/mol. The van der Waals surface area contributed by atoms with Gasteiger partial charge in [-0.25, -0.2) is 9.18 Å². The summed E-state index contributed by atoms with van der Waals surface area (Å²) in [7, 11) is 0. The normalized spacial score (nSPS) is 13.2. The van der Waals surface area contributed by atoms with E-state index in [0.29, 0.717) is 29.9 Å². The summed E-state index contributed by atoms with van der Waals surface area (Å²) in [6.45, 7) is 0.336. The van der Waals surface area contributed by atoms with Crippen LogP contribution < -0.4 is 16.0 Å². The molecule has 3 rings (SSSR count). The van der Waals surface area contributed by atoms with Crippen LogP contribution in [-0.4, -0.2) is 18.5 Å². The number of amides is 3. The Morgan fingerprint density at radius 3 is 2.24 bits per heavy atom. The van der Waals surface area contributed by atoms with Gasteiger partial charge in [0.2, 0.25) is 5.91 Å². The lowest BCUT2D eigenvalue weighted by Gasteiger charge is -2.09. The van der Waals surface area contributed by atoms with Crippen molar-refractivity contribution in [3.8, 4) is 0 Å². The van der Waals surface area contributed by atoms with E-state index in [0.717, 1.165) is 12.8 Å². The molecule has 3 amide bonds. The molecule has 0 radical (unpaired) electrons. The van der Waals surface area contributed by atoms with Gasteiger partial charge in [-0.05, 0) is 55.2 Å². The summed E-state index contributed by atoms with van der Waals surface area (Å²) in [5.41, 5.74) is 1.90. The van der Waals surface area contributed by atoms with Crippen LogP contribution in [0.1, 0.15) is 18.4 Å². The van der Waals surface area contributed by atoms with Gasteiger partial charge in [0, 0.05) is 23.8 Å². The zero-order valence-electron chi connectivity index (χ0n) is 13.7. The number of nitrogens with one attached hydrogen (secondary N) is 3. The predicted molar refractivity (Wildman–Crippen MR) is 94.9 cm³/mol. The van der Waals surface area contributed by atoms with Crippen LogP contribution in [0.3, 0.4) is 0 Å². The van der Waals surface area contributed by atoms with E-state index in [9.17, 15) is 14.0 Å². The second-order valence-electron chi connectivity index (χ2n) is 6.06. The topological polar surface area (TPSA) is 70.2 Å². The Kier molecular flexibility index (Phi) is 5.28. The first-order chi connectivity index (χ1) is 12.1. The first kappa shape index (κ1) is 17.0. The highest BCUT2D eigenvalue weighted by Gasteiger charge is 2.29. The number of carbonyl (C=O) groups is 2. The minimum Gasteiger partial charge on any atom is -0.338 e. The van der Waals surface area contributed by atoms with Crippen molar-refractivity contribution in [1.82, 2.24) is 5.32 Å². The van der Waals surface area contributed by atoms with Crippen molar-refractivity contribution in [2.45, 2.75) is 19.3 Å². The van der Waals surface area contributed by atoms with Crippen molar-refractivity contribution in [3.63, 3.8) is 0 Å². The number of benzene rings is 2. The largest absolute Gasteiger partial charge is 0.338 e. The van der Waals surface area contributed by atoms with Crippen LogP contribution in [-0.2, 0) is 11.2 Å². The summed E-state index contributed by atoms with van der Waals surface area (Å²) in [5, 5.41) is 8.23. The van der Waals surface area contributed by atoms with Crippen LogP contribution in [0.15, 0.2) is 48.5 Å². The third-order valence-electron chi connectivity index (χ3n) is 4.00. The van der Waals surface area contributed by atoms with E-state index in [-0.39, 0.29) is 23.7 Å². The van der Waals surface area contributed by atoms with Gasteiger partial charge in [0.25, 0.3) is 0 Å². The van der Waals surface area contributed by atoms with Crippen molar-refractivity contribution in [1.29, 1.82) is 0 Å². The van der Waals surface area contributed by atoms with Gasteiger partial charge in [-0.15, -0.1) is 0 Å². The predicted octanol–water partition coefficient (Wildman–Crippen LogP) is 3.54. The molecule has 1 fully saturated rings. The fourth-order valence-electron chi connectivity index (χ4n) is 2.41. The summed E-state index contributed by atoms with van der Waals surface area (Å²) in [6.07, 6.45) is 2.34. The van der Waals surface area contributed by atoms with Crippen LogP contribution in [0.25, 0.3) is 0 Å². The molecule has 0 bridgehead atoms. The standard InChI is InChI=1S/C19H20FN3O2/c20-17-4-2-1-3-13(17)11-12-21-19(25)23-16-9-7-15(8-10-16)22-18(24)14-5-6-14/h1-4,7-10,14H,5-6,11-12H2,(H,22,24)(H2,21,23,25). The zero-order chi connectivity index (χ0) is 17.6. The molecule has 0 aliphatic heterocycles. The second kappa shape index (κ2) is 7.79. The molecule has 6 heteroatoms. The number of carbonyl (C=O) groups excluding carboxylic acids is 2. The van der Waals surface area contributed by atoms with E-state index in [1.165, 1.54) is 6.07 Å². The summed E-state index contributed by atoms with van der Waals surface area (Å²) in [5.74, 6) is -0.0711. The Hall–Kier alpha value is -2.89. The Bertz CT molecular complexity index is 758. The Morgan fingerprint density at radius 1 is 0.960 bits per heavy atom. The van der Waals surface area contributed by atoms with Crippen LogP contribution in [0.2, 0.25) is 0 Å². The minimum atomic E-state index is -0.355. The lowest BCUT2D eigenvalue weighted by atomic mass is 10.1. The monoisotopic (exact) mass is 341 g/mol. The number of anilines is 2. The van der Waals surface area contributed by atoms with Crippen LogP contribution >= 0.6 is 0 Å². The van der Waals surface area contributed by atoms with E-state index >= 15 is 0 Å². The molecule has 25 heavy (non-hydrogen) atoms. The highest BCUT2D eigenvalue weighted by molar-refractivity contribution is 5.94. The van der Waals surface area contributed by atoms with Crippen molar-refractivity contribution in [2.24, 2.45) is 5.92 Å². The first-order valence-corrected chi connectivity index (χ1v) is 8.31. The maximum atomic E-state index is 13.5. The van der Waals surface area contributed by atoms with Crippen molar-refractivity contribution < 1.29 is 14.0 Å². The lowest BCUT2D eigenvalue weighted by Crippen LogP contribution is -2.30. The van der Waals surface area contributed by atoms with Gasteiger partial charge in [-0.3, -0.25) is 4.79 Å². The van der Waals surface area contributed by atoms with Gasteiger partial charge in [0.05, 0.1) is 0 Å². The molecule has 0 saturated heterocycles. The summed E-state index contributed by atoms with van der Waals surface area (Å²) < 4.78 is 13.5. The van der Waals surface area contributed by atoms with E-state index in [2.05, 4.69) is 16.0 Å². The fourth-order valence-corrected chi connectivity index (χ4v) is 2.41. The molecule has 0 unspecified atom stereocenters. The average Bonchev–Trinajstić information content (AvgIpc) is 3.43. The Balaban J connectivity index is 1.43. The van der Waals surface area contributed by atoms with Gasteiger partial charge >= 0.3 is 6.03 Å².